The topological polar surface area (TPSA) is 93.6 Å². The first-order chi connectivity index (χ1) is 10.2. The van der Waals surface area contributed by atoms with Crippen LogP contribution in [0.2, 0.25) is 0 Å². The molecule has 0 aromatic carbocycles. The molecule has 3 N–H and O–H groups in total. The van der Waals surface area contributed by atoms with Crippen molar-refractivity contribution in [2.45, 2.75) is 32.5 Å². The second-order valence-electron chi connectivity index (χ2n) is 5.92. The molecule has 1 saturated carbocycles. The Balaban J connectivity index is 1.66. The van der Waals surface area contributed by atoms with Crippen molar-refractivity contribution < 1.29 is 9.47 Å². The largest absolute Gasteiger partial charge is 0.352 e. The highest BCUT2D eigenvalue weighted by Gasteiger charge is 2.46. The summed E-state index contributed by atoms with van der Waals surface area (Å²) in [4.78, 5) is 4.35. The van der Waals surface area contributed by atoms with E-state index in [1.54, 1.807) is 6.20 Å². The van der Waals surface area contributed by atoms with Gasteiger partial charge in [0, 0.05) is 24.2 Å². The number of aromatic nitrogens is 1. The van der Waals surface area contributed by atoms with Gasteiger partial charge < -0.3 is 20.7 Å². The van der Waals surface area contributed by atoms with Crippen LogP contribution in [0.25, 0.3) is 0 Å². The fourth-order valence-corrected chi connectivity index (χ4v) is 2.58. The first-order valence-electron chi connectivity index (χ1n) is 7.13. The zero-order chi connectivity index (χ0) is 14.9. The maximum Gasteiger partial charge on any atom is 0.161 e. The monoisotopic (exact) mass is 288 g/mol. The lowest BCUT2D eigenvalue weighted by Crippen LogP contribution is -2.34. The molecule has 1 spiro atoms. The van der Waals surface area contributed by atoms with Crippen molar-refractivity contribution >= 4 is 11.9 Å². The van der Waals surface area contributed by atoms with E-state index in [4.69, 9.17) is 20.7 Å². The summed E-state index contributed by atoms with van der Waals surface area (Å²) in [6, 6.07) is 2.02. The van der Waals surface area contributed by atoms with Gasteiger partial charge in [-0.1, -0.05) is 6.07 Å². The van der Waals surface area contributed by atoms with Crippen molar-refractivity contribution in [1.29, 1.82) is 5.41 Å². The molecule has 0 radical (unpaired) electrons. The lowest BCUT2D eigenvalue weighted by Gasteiger charge is -2.29. The number of nitrogens with one attached hydrogen (secondary N) is 1. The third kappa shape index (κ3) is 2.96. The van der Waals surface area contributed by atoms with Gasteiger partial charge in [0.25, 0.3) is 0 Å². The van der Waals surface area contributed by atoms with Gasteiger partial charge in [0.05, 0.1) is 18.9 Å². The van der Waals surface area contributed by atoms with Crippen LogP contribution in [0.3, 0.4) is 0 Å². The molecule has 6 heteroatoms. The molecule has 6 nitrogen and oxygen atoms in total. The molecule has 1 aliphatic heterocycles. The van der Waals surface area contributed by atoms with Gasteiger partial charge in [-0.05, 0) is 30.9 Å². The predicted octanol–water partition coefficient (Wildman–Crippen LogP) is 1.40. The van der Waals surface area contributed by atoms with Crippen LogP contribution in [0, 0.1) is 17.7 Å². The lowest BCUT2D eigenvalue weighted by atomic mass is 10.1. The molecule has 3 rings (SSSR count). The molecular formula is C15H20N4O2. The number of rotatable bonds is 4. The minimum Gasteiger partial charge on any atom is -0.352 e. The van der Waals surface area contributed by atoms with Crippen molar-refractivity contribution in [1.82, 2.24) is 4.98 Å². The molecule has 2 fully saturated rings. The molecule has 112 valence electrons. The average Bonchev–Trinajstić information content (AvgIpc) is 3.25. The minimum absolute atomic E-state index is 0.186. The summed E-state index contributed by atoms with van der Waals surface area (Å²) in [7, 11) is 0. The number of ether oxygens (including phenoxy) is 2. The summed E-state index contributed by atoms with van der Waals surface area (Å²) in [5.74, 6) is 5.26. The van der Waals surface area contributed by atoms with E-state index in [0.29, 0.717) is 23.2 Å². The SMILES string of the molecule is Cc1cc(CC2OCC3(CC3)CO2)cnc1/C(C=N)=N/N. The van der Waals surface area contributed by atoms with Crippen LogP contribution in [0.4, 0.5) is 0 Å². The standard InChI is InChI=1S/C15H20N4O2/c1-10-4-11(7-18-14(10)12(6-16)19-17)5-13-20-8-15(2-3-15)9-21-13/h4,6-7,13,16H,2-3,5,8-9,17H2,1H3/b16-6?,19-12+. The molecule has 2 heterocycles. The van der Waals surface area contributed by atoms with Crippen LogP contribution in [-0.4, -0.2) is 36.4 Å². The second kappa shape index (κ2) is 5.54. The number of aryl methyl sites for hydroxylation is 1. The second-order valence-corrected chi connectivity index (χ2v) is 5.92. The van der Waals surface area contributed by atoms with Gasteiger partial charge in [0.15, 0.2) is 6.29 Å². The predicted molar refractivity (Wildman–Crippen MR) is 79.5 cm³/mol. The van der Waals surface area contributed by atoms with E-state index >= 15 is 0 Å². The molecule has 1 aromatic rings. The number of nitrogens with zero attached hydrogens (tertiary/aromatic N) is 2. The van der Waals surface area contributed by atoms with Crippen LogP contribution < -0.4 is 5.84 Å². The van der Waals surface area contributed by atoms with E-state index in [2.05, 4.69) is 10.1 Å². The smallest absolute Gasteiger partial charge is 0.161 e. The van der Waals surface area contributed by atoms with E-state index in [9.17, 15) is 0 Å². The molecule has 1 saturated heterocycles. The number of nitrogens with two attached hydrogens (primary N) is 1. The molecular weight excluding hydrogens is 268 g/mol. The van der Waals surface area contributed by atoms with Gasteiger partial charge in [-0.15, -0.1) is 0 Å². The Morgan fingerprint density at radius 2 is 2.24 bits per heavy atom. The fraction of sp³-hybridized carbons (Fsp3) is 0.533. The number of pyridine rings is 1. The van der Waals surface area contributed by atoms with Gasteiger partial charge in [0.2, 0.25) is 0 Å². The Kier molecular flexibility index (Phi) is 3.73. The summed E-state index contributed by atoms with van der Waals surface area (Å²) in [5, 5.41) is 10.8. The highest BCUT2D eigenvalue weighted by atomic mass is 16.7. The maximum absolute atomic E-state index is 7.28. The molecule has 1 aliphatic carbocycles. The summed E-state index contributed by atoms with van der Waals surface area (Å²) in [5.41, 5.74) is 3.33. The third-order valence-corrected chi connectivity index (χ3v) is 4.16. The number of hydrogen-bond donors (Lipinski definition) is 2. The molecule has 0 amide bonds. The van der Waals surface area contributed by atoms with E-state index < -0.39 is 0 Å². The number of hydrazone groups is 1. The Hall–Kier alpha value is -1.79. The molecule has 21 heavy (non-hydrogen) atoms. The Morgan fingerprint density at radius 3 is 2.76 bits per heavy atom. The molecule has 0 atom stereocenters. The summed E-state index contributed by atoms with van der Waals surface area (Å²) in [6.45, 7) is 3.54. The summed E-state index contributed by atoms with van der Waals surface area (Å²) < 4.78 is 11.6. The van der Waals surface area contributed by atoms with Crippen LogP contribution in [-0.2, 0) is 15.9 Å². The van der Waals surface area contributed by atoms with Crippen molar-refractivity contribution in [3.8, 4) is 0 Å². The van der Waals surface area contributed by atoms with Crippen molar-refractivity contribution in [3.63, 3.8) is 0 Å². The van der Waals surface area contributed by atoms with E-state index in [-0.39, 0.29) is 6.29 Å². The van der Waals surface area contributed by atoms with Crippen molar-refractivity contribution in [2.24, 2.45) is 16.4 Å². The molecule has 1 aromatic heterocycles. The van der Waals surface area contributed by atoms with Crippen LogP contribution in [0.5, 0.6) is 0 Å². The zero-order valence-corrected chi connectivity index (χ0v) is 12.1. The van der Waals surface area contributed by atoms with Gasteiger partial charge in [-0.2, -0.15) is 5.10 Å². The lowest BCUT2D eigenvalue weighted by molar-refractivity contribution is -0.206. The van der Waals surface area contributed by atoms with Crippen molar-refractivity contribution in [2.75, 3.05) is 13.2 Å². The van der Waals surface area contributed by atoms with Gasteiger partial charge in [-0.3, -0.25) is 4.98 Å². The highest BCUT2D eigenvalue weighted by molar-refractivity contribution is 6.36. The third-order valence-electron chi connectivity index (χ3n) is 4.16. The highest BCUT2D eigenvalue weighted by Crippen LogP contribution is 2.48. The Morgan fingerprint density at radius 1 is 1.52 bits per heavy atom. The van der Waals surface area contributed by atoms with Gasteiger partial charge in [0.1, 0.15) is 5.71 Å². The van der Waals surface area contributed by atoms with E-state index in [0.717, 1.165) is 30.6 Å². The average molecular weight is 288 g/mol. The Labute approximate surface area is 123 Å². The molecule has 0 unspecified atom stereocenters. The van der Waals surface area contributed by atoms with Crippen molar-refractivity contribution in [3.05, 3.63) is 29.1 Å². The van der Waals surface area contributed by atoms with Gasteiger partial charge >= 0.3 is 0 Å². The van der Waals surface area contributed by atoms with Crippen LogP contribution >= 0.6 is 0 Å². The fourth-order valence-electron chi connectivity index (χ4n) is 2.58. The Bertz CT molecular complexity index is 571. The van der Waals surface area contributed by atoms with E-state index in [1.807, 2.05) is 13.0 Å². The summed E-state index contributed by atoms with van der Waals surface area (Å²) >= 11 is 0. The van der Waals surface area contributed by atoms with E-state index in [1.165, 1.54) is 12.8 Å². The minimum atomic E-state index is -0.186. The van der Waals surface area contributed by atoms with Crippen LogP contribution in [0.1, 0.15) is 29.7 Å². The molecule has 0 bridgehead atoms. The van der Waals surface area contributed by atoms with Crippen LogP contribution in [0.15, 0.2) is 17.4 Å². The normalized spacial score (nSPS) is 21.5. The summed E-state index contributed by atoms with van der Waals surface area (Å²) in [6.07, 6.45) is 5.82. The zero-order valence-electron chi connectivity index (χ0n) is 12.1. The quantitative estimate of drug-likeness (QED) is 0.497. The van der Waals surface area contributed by atoms with Gasteiger partial charge in [-0.25, -0.2) is 0 Å². The first-order valence-corrected chi connectivity index (χ1v) is 7.13. The first kappa shape index (κ1) is 14.2. The maximum atomic E-state index is 7.28. The number of hydrogen-bond acceptors (Lipinski definition) is 6. The molecule has 2 aliphatic rings.